The molecule has 8 atom stereocenters. The number of esters is 2. The van der Waals surface area contributed by atoms with E-state index in [1.165, 1.54) is 37.3 Å². The molecule has 0 bridgehead atoms. The number of hydrogen-bond donors (Lipinski definition) is 9. The van der Waals surface area contributed by atoms with Crippen molar-refractivity contribution < 1.29 is 81.8 Å². The number of phenolic OH excluding ortho intramolecular Hbond substituents is 1. The molecule has 25 nitrogen and oxygen atoms in total. The highest BCUT2D eigenvalue weighted by Crippen LogP contribution is 2.26. The van der Waals surface area contributed by atoms with Crippen molar-refractivity contribution in [3.63, 3.8) is 0 Å². The summed E-state index contributed by atoms with van der Waals surface area (Å²) in [6.07, 6.45) is -5.45. The van der Waals surface area contributed by atoms with Gasteiger partial charge in [-0.05, 0) is 87.4 Å². The van der Waals surface area contributed by atoms with Crippen LogP contribution in [0.1, 0.15) is 83.6 Å². The molecule has 4 rings (SSSR count). The minimum absolute atomic E-state index is 0.0382. The number of primary amides is 1. The van der Waals surface area contributed by atoms with E-state index in [1.54, 1.807) is 126 Å². The van der Waals surface area contributed by atoms with Crippen molar-refractivity contribution >= 4 is 100 Å². The number of likely N-dealkylation sites (N-methyl/N-ethyl adjacent to an activating group) is 1. The van der Waals surface area contributed by atoms with Crippen molar-refractivity contribution in [1.82, 2.24) is 36.8 Å². The Morgan fingerprint density at radius 3 is 1.67 bits per heavy atom. The van der Waals surface area contributed by atoms with E-state index in [9.17, 15) is 53.4 Å². The zero-order valence-corrected chi connectivity index (χ0v) is 53.1. The van der Waals surface area contributed by atoms with Crippen LogP contribution in [-0.4, -0.2) is 153 Å². The average molecular weight is 1310 g/mol. The number of halogens is 3. The third-order valence-corrected chi connectivity index (χ3v) is 13.0. The molecule has 0 saturated carbocycles. The summed E-state index contributed by atoms with van der Waals surface area (Å²) in [5, 5.41) is 35.3. The Balaban J connectivity index is 1.75. The molecule has 10 N–H and O–H groups in total. The molecule has 0 saturated heterocycles. The van der Waals surface area contributed by atoms with Crippen LogP contribution < -0.4 is 37.6 Å². The van der Waals surface area contributed by atoms with E-state index in [-0.39, 0.29) is 43.3 Å². The molecule has 4 aromatic rings. The number of ether oxygens (including phenoxy) is 5. The van der Waals surface area contributed by atoms with Crippen molar-refractivity contribution in [2.45, 2.75) is 139 Å². The number of aromatic hydroxyl groups is 1. The van der Waals surface area contributed by atoms with E-state index < -0.39 is 143 Å². The lowest BCUT2D eigenvalue weighted by Crippen LogP contribution is -2.60. The van der Waals surface area contributed by atoms with Crippen molar-refractivity contribution in [1.29, 1.82) is 0 Å². The third-order valence-electron chi connectivity index (χ3n) is 12.7. The quantitative estimate of drug-likeness (QED) is 0.0140. The van der Waals surface area contributed by atoms with Gasteiger partial charge in [-0.15, -0.1) is 0 Å². The standard InChI is InChI=1S/C62H77Cl3N8O17/c1-36(2)28-44(52(77)69-46(29-39-18-12-9-13-19-39)57(82)88-35-62(63,64)65)67-54(79)48(30-40-24-26-43(75)27-25-40)73(8)56(81)51(72-59(84)87-33-42-22-16-11-17-23-42)38(4)89-58(83)47(34-86-32-41-20-14-10-15-21-41)70-53(78)45(31-49(66)76)68-55(80)50(37(3)74)71-60(85)90-61(5,6)7/h9-27,30,36-38,44-47,50-51,74-75H,28-29,31-35H2,1-8H3,(H2,66,76)(H,67,79)(H,68,80)(H,69,77)(H,70,78)(H,71,85)(H,72,84)/b48-30+/t37-,38+,44-,45-,46+,47-,50-,51-/m0/s1. The Hall–Kier alpha value is -8.49. The molecule has 0 aliphatic rings. The number of phenols is 1. The third kappa shape index (κ3) is 26.7. The molecule has 488 valence electrons. The number of amides is 8. The van der Waals surface area contributed by atoms with Gasteiger partial charge in [-0.25, -0.2) is 19.2 Å². The minimum atomic E-state index is -2.00. The number of benzene rings is 4. The molecular formula is C62H77Cl3N8O17. The Morgan fingerprint density at radius 2 is 1.13 bits per heavy atom. The van der Waals surface area contributed by atoms with Gasteiger partial charge in [-0.3, -0.25) is 28.8 Å². The first-order chi connectivity index (χ1) is 42.3. The number of rotatable bonds is 31. The van der Waals surface area contributed by atoms with Crippen LogP contribution in [0.4, 0.5) is 9.59 Å². The maximum Gasteiger partial charge on any atom is 0.408 e. The van der Waals surface area contributed by atoms with Gasteiger partial charge < -0.3 is 76.4 Å². The molecule has 0 fully saturated rings. The highest BCUT2D eigenvalue weighted by Gasteiger charge is 2.40. The summed E-state index contributed by atoms with van der Waals surface area (Å²) < 4.78 is 25.7. The summed E-state index contributed by atoms with van der Waals surface area (Å²) in [6, 6.07) is 20.7. The van der Waals surface area contributed by atoms with Gasteiger partial charge in [0.2, 0.25) is 27.4 Å². The summed E-state index contributed by atoms with van der Waals surface area (Å²) in [5.41, 5.74) is 5.99. The van der Waals surface area contributed by atoms with Crippen LogP contribution in [0, 0.1) is 5.92 Å². The summed E-state index contributed by atoms with van der Waals surface area (Å²) in [7, 11) is 1.14. The molecule has 0 spiro atoms. The molecule has 0 aliphatic heterocycles. The van der Waals surface area contributed by atoms with Gasteiger partial charge in [0.25, 0.3) is 11.8 Å². The van der Waals surface area contributed by atoms with Crippen LogP contribution in [0.3, 0.4) is 0 Å². The number of carbonyl (C=O) groups excluding carboxylic acids is 10. The van der Waals surface area contributed by atoms with Gasteiger partial charge in [0.1, 0.15) is 66.6 Å². The van der Waals surface area contributed by atoms with Gasteiger partial charge in [0, 0.05) is 13.5 Å². The smallest absolute Gasteiger partial charge is 0.408 e. The largest absolute Gasteiger partial charge is 0.508 e. The normalized spacial score (nSPS) is 14.3. The number of alkyl carbamates (subject to hydrolysis) is 2. The predicted molar refractivity (Wildman–Crippen MR) is 331 cm³/mol. The van der Waals surface area contributed by atoms with E-state index in [0.717, 1.165) is 18.9 Å². The zero-order chi connectivity index (χ0) is 66.9. The fourth-order valence-corrected chi connectivity index (χ4v) is 8.46. The monoisotopic (exact) mass is 1310 g/mol. The van der Waals surface area contributed by atoms with E-state index >= 15 is 4.79 Å². The molecule has 0 unspecified atom stereocenters. The van der Waals surface area contributed by atoms with Gasteiger partial charge in [0.05, 0.1) is 25.7 Å². The van der Waals surface area contributed by atoms with E-state index in [0.29, 0.717) is 16.7 Å². The molecule has 28 heteroatoms. The number of alkyl halides is 3. The van der Waals surface area contributed by atoms with Gasteiger partial charge in [0.15, 0.2) is 6.04 Å². The molecule has 0 heterocycles. The van der Waals surface area contributed by atoms with Crippen molar-refractivity contribution in [2.75, 3.05) is 20.3 Å². The van der Waals surface area contributed by atoms with Gasteiger partial charge >= 0.3 is 24.1 Å². The fourth-order valence-electron chi connectivity index (χ4n) is 8.30. The van der Waals surface area contributed by atoms with Crippen LogP contribution in [-0.2, 0) is 81.7 Å². The molecule has 8 amide bonds. The highest BCUT2D eigenvalue weighted by atomic mass is 35.6. The number of nitrogens with two attached hydrogens (primary N) is 1. The topological polar surface area (TPSA) is 359 Å². The van der Waals surface area contributed by atoms with Crippen LogP contribution in [0.2, 0.25) is 0 Å². The lowest BCUT2D eigenvalue weighted by atomic mass is 10.0. The van der Waals surface area contributed by atoms with Crippen molar-refractivity contribution in [3.05, 3.63) is 143 Å². The maximum absolute atomic E-state index is 15.2. The number of aliphatic hydroxyl groups excluding tert-OH is 1. The number of hydrogen-bond acceptors (Lipinski definition) is 17. The second-order valence-electron chi connectivity index (χ2n) is 22.1. The summed E-state index contributed by atoms with van der Waals surface area (Å²) >= 11 is 17.6. The van der Waals surface area contributed by atoms with Crippen molar-refractivity contribution in [3.8, 4) is 5.75 Å². The van der Waals surface area contributed by atoms with Crippen LogP contribution in [0.15, 0.2) is 121 Å². The molecule has 0 aromatic heterocycles. The Morgan fingerprint density at radius 1 is 0.611 bits per heavy atom. The fraction of sp³-hybridized carbons (Fsp3) is 0.419. The summed E-state index contributed by atoms with van der Waals surface area (Å²) in [6.45, 7) is 8.73. The van der Waals surface area contributed by atoms with Crippen LogP contribution in [0.5, 0.6) is 5.75 Å². The van der Waals surface area contributed by atoms with Gasteiger partial charge in [-0.1, -0.05) is 152 Å². The Kier molecular flexibility index (Phi) is 29.3. The zero-order valence-electron chi connectivity index (χ0n) is 50.9. The second-order valence-corrected chi connectivity index (χ2v) is 24.6. The van der Waals surface area contributed by atoms with Crippen LogP contribution in [0.25, 0.3) is 6.08 Å². The van der Waals surface area contributed by atoms with Crippen LogP contribution >= 0.6 is 34.8 Å². The second kappa shape index (κ2) is 35.6. The Labute approximate surface area is 536 Å². The molecule has 90 heavy (non-hydrogen) atoms. The summed E-state index contributed by atoms with van der Waals surface area (Å²) in [5.74, 6) is -9.30. The first-order valence-corrected chi connectivity index (χ1v) is 29.4. The number of nitrogens with one attached hydrogen (secondary N) is 6. The lowest BCUT2D eigenvalue weighted by molar-refractivity contribution is -0.157. The Bertz CT molecular complexity index is 3100. The van der Waals surface area contributed by atoms with Crippen molar-refractivity contribution in [2.24, 2.45) is 11.7 Å². The first-order valence-electron chi connectivity index (χ1n) is 28.3. The van der Waals surface area contributed by atoms with E-state index in [2.05, 4.69) is 31.9 Å². The SMILES string of the molecule is CC(C)C[C@H](NC(=O)/C(=C\c1ccc(O)cc1)N(C)C(=O)[C@@H](NC(=O)OCc1ccccc1)[C@@H](C)OC(=O)[C@H](COCc1ccccc1)NC(=O)[C@H](CC(N)=O)NC(=O)[C@@H](NC(=O)OC(C)(C)C)[C@H](C)O)C(=O)N[C@H](Cc1ccccc1)C(=O)OCC(Cl)(Cl)Cl. The molecule has 0 radical (unpaired) electrons. The summed E-state index contributed by atoms with van der Waals surface area (Å²) in [4.78, 5) is 140. The number of carbonyl (C=O) groups is 10. The highest BCUT2D eigenvalue weighted by molar-refractivity contribution is 6.67. The van der Waals surface area contributed by atoms with Gasteiger partial charge in [-0.2, -0.15) is 0 Å². The number of nitrogens with zero attached hydrogens (tertiary/aromatic N) is 1. The average Bonchev–Trinajstić information content (AvgIpc) is 1.03. The predicted octanol–water partition coefficient (Wildman–Crippen LogP) is 4.93. The molecular weight excluding hydrogens is 1240 g/mol. The number of aliphatic hydroxyl groups is 1. The molecule has 0 aliphatic carbocycles. The molecule has 4 aromatic carbocycles. The van der Waals surface area contributed by atoms with E-state index in [4.69, 9.17) is 64.2 Å². The lowest BCUT2D eigenvalue weighted by Gasteiger charge is -2.31. The van der Waals surface area contributed by atoms with E-state index in [1.807, 2.05) is 0 Å². The minimum Gasteiger partial charge on any atom is -0.508 e. The first kappa shape index (κ1) is 74.0. The maximum atomic E-state index is 15.2.